The van der Waals surface area contributed by atoms with Crippen LogP contribution in [0.5, 0.6) is 0 Å². The molecular weight excluding hydrogens is 1630 g/mol. The lowest BCUT2D eigenvalue weighted by molar-refractivity contribution is -0.346. The monoisotopic (exact) mass is 1730 g/mol. The van der Waals surface area contributed by atoms with E-state index in [9.17, 15) is 78.6 Å². The fourth-order valence-electron chi connectivity index (χ4n) is 21.0. The van der Waals surface area contributed by atoms with E-state index in [0.29, 0.717) is 11.1 Å². The summed E-state index contributed by atoms with van der Waals surface area (Å²) in [5.41, 5.74) is -13.8. The molecule has 14 rings (SSSR count). The third-order valence-corrected chi connectivity index (χ3v) is 28.0. The van der Waals surface area contributed by atoms with E-state index in [-0.39, 0.29) is 83.4 Å². The third-order valence-electron chi connectivity index (χ3n) is 28.0. The molecule has 6 aromatic carbocycles. The first-order chi connectivity index (χ1) is 59.7. The van der Waals surface area contributed by atoms with Crippen LogP contribution < -0.4 is 10.6 Å². The van der Waals surface area contributed by atoms with Gasteiger partial charge in [0.1, 0.15) is 47.8 Å². The molecule has 6 fully saturated rings. The van der Waals surface area contributed by atoms with E-state index in [1.807, 2.05) is 0 Å². The van der Waals surface area contributed by atoms with Gasteiger partial charge in [0.2, 0.25) is 0 Å². The maximum absolute atomic E-state index is 15.6. The maximum Gasteiger partial charge on any atom is 0.338 e. The van der Waals surface area contributed by atoms with Gasteiger partial charge >= 0.3 is 47.8 Å². The molecule has 2 unspecified atom stereocenters. The number of carbonyl (C=O) groups is 12. The lowest BCUT2D eigenvalue weighted by Crippen LogP contribution is -2.82. The summed E-state index contributed by atoms with van der Waals surface area (Å²) >= 11 is 0. The minimum Gasteiger partial charge on any atom is -0.456 e. The van der Waals surface area contributed by atoms with Crippen LogP contribution in [0.4, 0.5) is 0 Å². The molecule has 24 atom stereocenters. The van der Waals surface area contributed by atoms with Gasteiger partial charge in [0.15, 0.2) is 47.2 Å². The van der Waals surface area contributed by atoms with Gasteiger partial charge in [0.25, 0.3) is 11.8 Å². The maximum atomic E-state index is 15.6. The molecule has 4 bridgehead atoms. The fraction of sp³-hybridized carbons (Fsp3) is 0.458. The van der Waals surface area contributed by atoms with Crippen molar-refractivity contribution in [3.8, 4) is 0 Å². The van der Waals surface area contributed by atoms with Gasteiger partial charge in [-0.05, 0) is 122 Å². The van der Waals surface area contributed by atoms with E-state index < -0.39 is 225 Å². The molecule has 6 aromatic rings. The van der Waals surface area contributed by atoms with Crippen molar-refractivity contribution < 1.29 is 136 Å². The number of ketones is 2. The summed E-state index contributed by atoms with van der Waals surface area (Å²) in [5, 5.41) is 81.1. The first-order valence-electron chi connectivity index (χ1n) is 42.1. The number of esters is 8. The highest BCUT2D eigenvalue weighted by Crippen LogP contribution is 2.68. The first-order valence-corrected chi connectivity index (χ1v) is 42.1. The second-order valence-electron chi connectivity index (χ2n) is 34.8. The number of aliphatic hydroxyl groups is 6. The van der Waals surface area contributed by atoms with E-state index in [0.717, 1.165) is 27.7 Å². The van der Waals surface area contributed by atoms with Gasteiger partial charge in [-0.3, -0.25) is 38.4 Å². The van der Waals surface area contributed by atoms with Gasteiger partial charge in [-0.25, -0.2) is 19.2 Å². The number of amides is 2. The topological polar surface area (TPSA) is 443 Å². The van der Waals surface area contributed by atoms with Crippen LogP contribution in [-0.4, -0.2) is 211 Å². The van der Waals surface area contributed by atoms with E-state index >= 15 is 9.59 Å². The number of hydrogen-bond acceptors (Lipinski definition) is 28. The molecular formula is C96H106N2O28. The van der Waals surface area contributed by atoms with Crippen molar-refractivity contribution in [1.29, 1.82) is 0 Å². The molecule has 0 spiro atoms. The summed E-state index contributed by atoms with van der Waals surface area (Å²) in [7, 11) is 0. The Morgan fingerprint density at radius 2 is 0.722 bits per heavy atom. The van der Waals surface area contributed by atoms with Crippen LogP contribution in [0.2, 0.25) is 0 Å². The van der Waals surface area contributed by atoms with Crippen LogP contribution in [0.25, 0.3) is 0 Å². The smallest absolute Gasteiger partial charge is 0.338 e. The largest absolute Gasteiger partial charge is 0.456 e. The van der Waals surface area contributed by atoms with Crippen LogP contribution in [0.1, 0.15) is 186 Å². The normalized spacial score (nSPS) is 33.1. The average molecular weight is 1740 g/mol. The van der Waals surface area contributed by atoms with Gasteiger partial charge in [0.05, 0.1) is 71.3 Å². The SMILES string of the molecule is CCC1(C)C2=C(C)[C@@H](OC(=O)[C@H](O)[C@@H](NC(=O)c3ccccc3)c3ccccc3)C[C@@]1(O)[C@@H](OC(=O)c1ccccc1)[C@@H]1[C@]3(OC(C)=O)CO[C@@H]3C[C@H](O)[C@@]1(C)C(=O)[C@@H]2OC(C)=O.CCC1(C)C2=C(C)[C@@H](OC(=O)[C@H](O)[C@@H](NC(=O)c3ccccc3)c3ccccc3)C[C@@]1(O)[C@@H](OC(=O)c1ccccc1)[C@@H]1[C@]3(OC(C)=O)CO[C@@H]3C[C@H](O)[C@@]1(C)C(=O)[C@@H]2OC(C)=O. The average Bonchev–Trinajstić information content (AvgIpc) is 0.670. The van der Waals surface area contributed by atoms with Gasteiger partial charge in [-0.1, -0.05) is 161 Å². The van der Waals surface area contributed by atoms with Crippen molar-refractivity contribution >= 4 is 71.1 Å². The van der Waals surface area contributed by atoms with Crippen molar-refractivity contribution in [2.24, 2.45) is 33.5 Å². The molecule has 8 aliphatic rings. The molecule has 0 aromatic heterocycles. The van der Waals surface area contributed by atoms with Crippen molar-refractivity contribution in [2.45, 2.75) is 229 Å². The molecule has 6 aliphatic carbocycles. The van der Waals surface area contributed by atoms with E-state index in [2.05, 4.69) is 10.6 Å². The lowest BCUT2D eigenvalue weighted by atomic mass is 9.44. The first kappa shape index (κ1) is 92.2. The van der Waals surface area contributed by atoms with Crippen LogP contribution in [0, 0.1) is 33.5 Å². The highest BCUT2D eigenvalue weighted by Gasteiger charge is 2.81. The Bertz CT molecular complexity index is 4930. The lowest BCUT2D eigenvalue weighted by Gasteiger charge is -2.67. The van der Waals surface area contributed by atoms with E-state index in [1.165, 1.54) is 38.1 Å². The predicted molar refractivity (Wildman–Crippen MR) is 445 cm³/mol. The molecule has 30 nitrogen and oxygen atoms in total. The summed E-state index contributed by atoms with van der Waals surface area (Å²) in [5.74, 6) is -13.6. The van der Waals surface area contributed by atoms with Crippen molar-refractivity contribution in [1.82, 2.24) is 10.6 Å². The number of ether oxygens (including phenoxy) is 10. The number of carbonyl (C=O) groups excluding carboxylic acids is 12. The summed E-state index contributed by atoms with van der Waals surface area (Å²) < 4.78 is 61.0. The number of benzene rings is 6. The molecule has 2 amide bonds. The van der Waals surface area contributed by atoms with Gasteiger partial charge in [-0.15, -0.1) is 0 Å². The number of nitrogens with one attached hydrogen (secondary N) is 2. The third kappa shape index (κ3) is 15.9. The van der Waals surface area contributed by atoms with Crippen molar-refractivity contribution in [2.75, 3.05) is 13.2 Å². The molecule has 668 valence electrons. The Balaban J connectivity index is 0.000000216. The van der Waals surface area contributed by atoms with Crippen LogP contribution in [-0.2, 0) is 85.7 Å². The molecule has 2 aliphatic heterocycles. The Labute approximate surface area is 727 Å². The number of hydrogen-bond donors (Lipinski definition) is 8. The van der Waals surface area contributed by atoms with Crippen molar-refractivity contribution in [3.05, 3.63) is 238 Å². The Hall–Kier alpha value is -11.5. The molecule has 8 N–H and O–H groups in total. The highest BCUT2D eigenvalue weighted by atomic mass is 16.7. The van der Waals surface area contributed by atoms with Crippen LogP contribution in [0.3, 0.4) is 0 Å². The highest BCUT2D eigenvalue weighted by molar-refractivity contribution is 5.99. The Morgan fingerprint density at radius 3 is 0.992 bits per heavy atom. The standard InChI is InChI=1S/2C48H53NO14/c2*1-7-45(5)35-26(2)32(61-44(57)37(53)36(29-17-11-8-12-18-29)49-42(55)30-19-13-9-14-20-30)24-48(45,58)41(62-43(56)31-21-15-10-16-22-31)39-46(6,40(54)38(35)60-27(3)50)33(52)23-34-47(39,25-59-34)63-28(4)51/h2*8-22,32-34,36-39,41,52-53,58H,7,23-25H2,1-6H3,(H,49,55)/t2*32-,33-,34+,36-,37+,38+,39-,41-,45?,46+,47-,48+/m00/s1. The Morgan fingerprint density at radius 1 is 0.429 bits per heavy atom. The zero-order valence-corrected chi connectivity index (χ0v) is 71.9. The fourth-order valence-corrected chi connectivity index (χ4v) is 21.0. The zero-order chi connectivity index (χ0) is 91.3. The van der Waals surface area contributed by atoms with E-state index in [4.69, 9.17) is 47.4 Å². The second kappa shape index (κ2) is 35.7. The number of fused-ring (bicyclic) bond motifs is 10. The van der Waals surface area contributed by atoms with E-state index in [1.54, 1.807) is 199 Å². The molecule has 2 heterocycles. The molecule has 126 heavy (non-hydrogen) atoms. The summed E-state index contributed by atoms with van der Waals surface area (Å²) in [6.07, 6.45) is -20.9. The number of aliphatic hydroxyl groups excluding tert-OH is 4. The summed E-state index contributed by atoms with van der Waals surface area (Å²) in [4.78, 5) is 168. The summed E-state index contributed by atoms with van der Waals surface area (Å²) in [6, 6.07) is 46.0. The van der Waals surface area contributed by atoms with Gasteiger partial charge in [-0.2, -0.15) is 0 Å². The Kier molecular flexibility index (Phi) is 26.2. The van der Waals surface area contributed by atoms with Gasteiger partial charge in [0, 0.05) is 75.3 Å². The second-order valence-corrected chi connectivity index (χ2v) is 34.8. The van der Waals surface area contributed by atoms with Gasteiger partial charge < -0.3 is 88.6 Å². The minimum atomic E-state index is -2.38. The molecule has 4 saturated carbocycles. The number of Topliss-reactive ketones (excluding diaryl/α,β-unsaturated/α-hetero) is 2. The van der Waals surface area contributed by atoms with Crippen LogP contribution in [0.15, 0.2) is 204 Å². The van der Waals surface area contributed by atoms with Crippen molar-refractivity contribution in [3.63, 3.8) is 0 Å². The summed E-state index contributed by atoms with van der Waals surface area (Å²) in [6.45, 7) is 16.5. The molecule has 2 saturated heterocycles. The minimum absolute atomic E-state index is 0.0258. The molecule has 30 heteroatoms. The molecule has 0 radical (unpaired) electrons. The van der Waals surface area contributed by atoms with Crippen LogP contribution >= 0.6 is 0 Å². The zero-order valence-electron chi connectivity index (χ0n) is 71.9. The number of rotatable bonds is 22. The predicted octanol–water partition coefficient (Wildman–Crippen LogP) is 8.25. The quantitative estimate of drug-likeness (QED) is 0.0180.